The van der Waals surface area contributed by atoms with E-state index in [1.807, 2.05) is 6.07 Å². The molecule has 1 aliphatic rings. The van der Waals surface area contributed by atoms with Crippen molar-refractivity contribution in [2.24, 2.45) is 0 Å². The zero-order chi connectivity index (χ0) is 10.0. The molecular weight excluding hydrogens is 172 g/mol. The van der Waals surface area contributed by atoms with Crippen LogP contribution in [0, 0.1) is 0 Å². The number of rotatable bonds is 1. The summed E-state index contributed by atoms with van der Waals surface area (Å²) in [5, 5.41) is 0. The van der Waals surface area contributed by atoms with Crippen LogP contribution in [-0.4, -0.2) is 5.78 Å². The molecule has 0 bridgehead atoms. The van der Waals surface area contributed by atoms with E-state index in [4.69, 9.17) is 0 Å². The van der Waals surface area contributed by atoms with Crippen LogP contribution in [0.2, 0.25) is 0 Å². The molecule has 0 aliphatic heterocycles. The quantitative estimate of drug-likeness (QED) is 0.662. The van der Waals surface area contributed by atoms with Crippen molar-refractivity contribution in [3.05, 3.63) is 35.9 Å². The van der Waals surface area contributed by atoms with Crippen LogP contribution in [-0.2, 0) is 10.2 Å². The fourth-order valence-electron chi connectivity index (χ4n) is 2.37. The molecule has 1 saturated carbocycles. The topological polar surface area (TPSA) is 17.1 Å². The summed E-state index contributed by atoms with van der Waals surface area (Å²) in [6, 6.07) is 10.4. The Labute approximate surface area is 85.1 Å². The van der Waals surface area contributed by atoms with Gasteiger partial charge >= 0.3 is 0 Å². The minimum absolute atomic E-state index is 0.0938. The van der Waals surface area contributed by atoms with Crippen LogP contribution in [0.3, 0.4) is 0 Å². The number of ketones is 1. The van der Waals surface area contributed by atoms with Crippen molar-refractivity contribution in [2.45, 2.75) is 38.0 Å². The first kappa shape index (κ1) is 9.45. The molecule has 1 fully saturated rings. The molecule has 0 amide bonds. The Kier molecular flexibility index (Phi) is 2.40. The number of carbonyl (C=O) groups excluding carboxylic acids is 1. The molecule has 0 radical (unpaired) electrons. The molecule has 1 heteroatoms. The third kappa shape index (κ3) is 1.72. The molecule has 1 nitrogen and oxygen atoms in total. The van der Waals surface area contributed by atoms with Gasteiger partial charge in [-0.2, -0.15) is 0 Å². The minimum atomic E-state index is 0.0938. The molecular formula is C13H16O. The number of Topliss-reactive ketones (excluding diaryl/α,β-unsaturated/α-hetero) is 1. The van der Waals surface area contributed by atoms with Gasteiger partial charge in [0.25, 0.3) is 0 Å². The van der Waals surface area contributed by atoms with Gasteiger partial charge in [-0.25, -0.2) is 0 Å². The molecule has 0 spiro atoms. The first-order chi connectivity index (χ1) is 6.71. The molecule has 14 heavy (non-hydrogen) atoms. The lowest BCUT2D eigenvalue weighted by molar-refractivity contribution is -0.121. The first-order valence-corrected chi connectivity index (χ1v) is 5.28. The van der Waals surface area contributed by atoms with E-state index in [0.29, 0.717) is 5.78 Å². The predicted octanol–water partition coefficient (Wildman–Crippen LogP) is 3.09. The van der Waals surface area contributed by atoms with Crippen molar-refractivity contribution in [3.63, 3.8) is 0 Å². The van der Waals surface area contributed by atoms with Crippen molar-refractivity contribution in [1.82, 2.24) is 0 Å². The average Bonchev–Trinajstić information content (AvgIpc) is 2.19. The Balaban J connectivity index is 2.27. The third-order valence-electron chi connectivity index (χ3n) is 3.24. The van der Waals surface area contributed by atoms with Crippen LogP contribution in [0.1, 0.15) is 38.2 Å². The molecule has 0 aromatic heterocycles. The largest absolute Gasteiger partial charge is 0.300 e. The fourth-order valence-corrected chi connectivity index (χ4v) is 2.37. The molecule has 0 heterocycles. The van der Waals surface area contributed by atoms with Crippen LogP contribution in [0.4, 0.5) is 0 Å². The van der Waals surface area contributed by atoms with Gasteiger partial charge in [-0.05, 0) is 23.8 Å². The summed E-state index contributed by atoms with van der Waals surface area (Å²) >= 11 is 0. The minimum Gasteiger partial charge on any atom is -0.300 e. The van der Waals surface area contributed by atoms with Gasteiger partial charge < -0.3 is 0 Å². The van der Waals surface area contributed by atoms with Crippen molar-refractivity contribution in [1.29, 1.82) is 0 Å². The van der Waals surface area contributed by atoms with Crippen LogP contribution < -0.4 is 0 Å². The zero-order valence-electron chi connectivity index (χ0n) is 8.62. The van der Waals surface area contributed by atoms with Gasteiger partial charge in [0, 0.05) is 12.8 Å². The highest BCUT2D eigenvalue weighted by atomic mass is 16.1. The van der Waals surface area contributed by atoms with Crippen molar-refractivity contribution < 1.29 is 4.79 Å². The lowest BCUT2D eigenvalue weighted by atomic mass is 9.70. The lowest BCUT2D eigenvalue weighted by Crippen LogP contribution is -2.29. The first-order valence-electron chi connectivity index (χ1n) is 5.28. The summed E-state index contributed by atoms with van der Waals surface area (Å²) in [6.07, 6.45) is 3.69. The maximum absolute atomic E-state index is 11.5. The molecule has 1 atom stereocenters. The maximum Gasteiger partial charge on any atom is 0.133 e. The van der Waals surface area contributed by atoms with Crippen molar-refractivity contribution >= 4 is 5.78 Å². The standard InChI is InChI=1S/C13H16O/c1-13(9-5-8-12(14)10-13)11-6-3-2-4-7-11/h2-4,6-7H,5,8-10H2,1H3/t13-/m0/s1. The molecule has 2 rings (SSSR count). The van der Waals surface area contributed by atoms with Crippen LogP contribution in [0.25, 0.3) is 0 Å². The second-order valence-electron chi connectivity index (χ2n) is 4.50. The average molecular weight is 188 g/mol. The normalized spacial score (nSPS) is 27.6. The van der Waals surface area contributed by atoms with Crippen LogP contribution >= 0.6 is 0 Å². The number of carbonyl (C=O) groups is 1. The Morgan fingerprint density at radius 3 is 2.57 bits per heavy atom. The molecule has 0 saturated heterocycles. The molecule has 1 aromatic rings. The second kappa shape index (κ2) is 3.56. The molecule has 0 unspecified atom stereocenters. The van der Waals surface area contributed by atoms with Gasteiger partial charge in [0.1, 0.15) is 5.78 Å². The summed E-state index contributed by atoms with van der Waals surface area (Å²) < 4.78 is 0. The van der Waals surface area contributed by atoms with Gasteiger partial charge in [0.15, 0.2) is 0 Å². The van der Waals surface area contributed by atoms with Gasteiger partial charge in [-0.1, -0.05) is 37.3 Å². The van der Waals surface area contributed by atoms with E-state index in [1.54, 1.807) is 0 Å². The highest BCUT2D eigenvalue weighted by molar-refractivity contribution is 5.80. The molecule has 0 N–H and O–H groups in total. The van der Waals surface area contributed by atoms with E-state index in [0.717, 1.165) is 25.7 Å². The SMILES string of the molecule is C[C@]1(c2ccccc2)CCCC(=O)C1. The summed E-state index contributed by atoms with van der Waals surface area (Å²) in [5.74, 6) is 0.419. The van der Waals surface area contributed by atoms with Gasteiger partial charge in [0.05, 0.1) is 0 Å². The zero-order valence-corrected chi connectivity index (χ0v) is 8.62. The van der Waals surface area contributed by atoms with E-state index in [2.05, 4.69) is 31.2 Å². The smallest absolute Gasteiger partial charge is 0.133 e. The number of benzene rings is 1. The predicted molar refractivity (Wildman–Crippen MR) is 57.3 cm³/mol. The highest BCUT2D eigenvalue weighted by Gasteiger charge is 2.32. The van der Waals surface area contributed by atoms with E-state index < -0.39 is 0 Å². The second-order valence-corrected chi connectivity index (χ2v) is 4.50. The van der Waals surface area contributed by atoms with E-state index in [9.17, 15) is 4.79 Å². The number of hydrogen-bond donors (Lipinski definition) is 0. The number of hydrogen-bond acceptors (Lipinski definition) is 1. The lowest BCUT2D eigenvalue weighted by Gasteiger charge is -2.33. The maximum atomic E-state index is 11.5. The Bertz CT molecular complexity index is 328. The third-order valence-corrected chi connectivity index (χ3v) is 3.24. The Morgan fingerprint density at radius 1 is 1.21 bits per heavy atom. The summed E-state index contributed by atoms with van der Waals surface area (Å²) in [5.41, 5.74) is 1.41. The molecule has 1 aromatic carbocycles. The van der Waals surface area contributed by atoms with Gasteiger partial charge in [-0.3, -0.25) is 4.79 Å². The van der Waals surface area contributed by atoms with Crippen molar-refractivity contribution in [2.75, 3.05) is 0 Å². The molecule has 74 valence electrons. The molecule has 1 aliphatic carbocycles. The highest BCUT2D eigenvalue weighted by Crippen LogP contribution is 2.37. The summed E-state index contributed by atoms with van der Waals surface area (Å²) in [7, 11) is 0. The fraction of sp³-hybridized carbons (Fsp3) is 0.462. The Hall–Kier alpha value is -1.11. The van der Waals surface area contributed by atoms with Crippen LogP contribution in [0.5, 0.6) is 0 Å². The van der Waals surface area contributed by atoms with Crippen molar-refractivity contribution in [3.8, 4) is 0 Å². The van der Waals surface area contributed by atoms with E-state index in [-0.39, 0.29) is 5.41 Å². The van der Waals surface area contributed by atoms with Gasteiger partial charge in [-0.15, -0.1) is 0 Å². The van der Waals surface area contributed by atoms with Gasteiger partial charge in [0.2, 0.25) is 0 Å². The van der Waals surface area contributed by atoms with E-state index >= 15 is 0 Å². The van der Waals surface area contributed by atoms with Crippen LogP contribution in [0.15, 0.2) is 30.3 Å². The summed E-state index contributed by atoms with van der Waals surface area (Å²) in [6.45, 7) is 2.21. The Morgan fingerprint density at radius 2 is 1.93 bits per heavy atom. The monoisotopic (exact) mass is 188 g/mol. The summed E-state index contributed by atoms with van der Waals surface area (Å²) in [4.78, 5) is 11.5. The van der Waals surface area contributed by atoms with E-state index in [1.165, 1.54) is 5.56 Å².